The van der Waals surface area contributed by atoms with Gasteiger partial charge in [0.05, 0.1) is 10.5 Å². The van der Waals surface area contributed by atoms with Crippen molar-refractivity contribution in [3.8, 4) is 0 Å². The summed E-state index contributed by atoms with van der Waals surface area (Å²) in [6.45, 7) is 1.88. The molecule has 0 heterocycles. The summed E-state index contributed by atoms with van der Waals surface area (Å²) in [7, 11) is -3.21. The Bertz CT molecular complexity index is 923. The molecule has 1 saturated carbocycles. The van der Waals surface area contributed by atoms with E-state index >= 15 is 0 Å². The van der Waals surface area contributed by atoms with E-state index in [4.69, 9.17) is 0 Å². The number of benzene rings is 2. The van der Waals surface area contributed by atoms with Crippen LogP contribution in [0.5, 0.6) is 0 Å². The van der Waals surface area contributed by atoms with Gasteiger partial charge in [0.15, 0.2) is 9.84 Å². The maximum Gasteiger partial charge on any atom is 0.416 e. The fourth-order valence-electron chi connectivity index (χ4n) is 3.86. The molecule has 3 rings (SSSR count). The van der Waals surface area contributed by atoms with Crippen molar-refractivity contribution in [1.29, 1.82) is 0 Å². The predicted molar refractivity (Wildman–Crippen MR) is 103 cm³/mol. The molecule has 28 heavy (non-hydrogen) atoms. The zero-order valence-corrected chi connectivity index (χ0v) is 16.6. The quantitative estimate of drug-likeness (QED) is 0.745. The van der Waals surface area contributed by atoms with Gasteiger partial charge >= 0.3 is 6.18 Å². The first-order chi connectivity index (χ1) is 13.0. The highest BCUT2D eigenvalue weighted by atomic mass is 32.2. The maximum absolute atomic E-state index is 12.9. The van der Waals surface area contributed by atoms with Gasteiger partial charge in [-0.2, -0.15) is 13.2 Å². The third-order valence-corrected chi connectivity index (χ3v) is 6.54. The summed E-state index contributed by atoms with van der Waals surface area (Å²) >= 11 is 0. The average molecular weight is 411 g/mol. The SMILES string of the molecule is C[C@@H](NC1CC[C@H](c2ccc(S(C)(=O)=O)cc2)C1)c1cccc(C(F)(F)F)c1. The molecule has 0 saturated heterocycles. The van der Waals surface area contributed by atoms with Gasteiger partial charge < -0.3 is 5.32 Å². The lowest BCUT2D eigenvalue weighted by atomic mass is 9.97. The van der Waals surface area contributed by atoms with Gasteiger partial charge in [-0.15, -0.1) is 0 Å². The summed E-state index contributed by atoms with van der Waals surface area (Å²) in [5.74, 6) is 0.319. The van der Waals surface area contributed by atoms with Gasteiger partial charge in [-0.25, -0.2) is 8.42 Å². The minimum atomic E-state index is -4.34. The van der Waals surface area contributed by atoms with Crippen LogP contribution in [-0.4, -0.2) is 20.7 Å². The van der Waals surface area contributed by atoms with E-state index in [1.807, 2.05) is 19.1 Å². The Morgan fingerprint density at radius 3 is 2.36 bits per heavy atom. The zero-order chi connectivity index (χ0) is 20.5. The van der Waals surface area contributed by atoms with E-state index in [2.05, 4.69) is 5.32 Å². The number of nitrogens with one attached hydrogen (secondary N) is 1. The second-order valence-electron chi connectivity index (χ2n) is 7.56. The Kier molecular flexibility index (Phi) is 5.87. The Balaban J connectivity index is 1.63. The summed E-state index contributed by atoms with van der Waals surface area (Å²) in [5, 5.41) is 3.45. The first-order valence-corrected chi connectivity index (χ1v) is 11.2. The van der Waals surface area contributed by atoms with Crippen LogP contribution in [0.2, 0.25) is 0 Å². The lowest BCUT2D eigenvalue weighted by Crippen LogP contribution is -2.29. The van der Waals surface area contributed by atoms with Gasteiger partial charge in [0.2, 0.25) is 0 Å². The molecule has 0 aromatic heterocycles. The first-order valence-electron chi connectivity index (χ1n) is 9.27. The first kappa shape index (κ1) is 20.9. The summed E-state index contributed by atoms with van der Waals surface area (Å²) in [5.41, 5.74) is 1.09. The normalized spacial score (nSPS) is 21.6. The number of alkyl halides is 3. The van der Waals surface area contributed by atoms with Crippen LogP contribution >= 0.6 is 0 Å². The molecule has 1 unspecified atom stereocenters. The molecule has 0 amide bonds. The second kappa shape index (κ2) is 7.87. The van der Waals surface area contributed by atoms with Crippen LogP contribution < -0.4 is 5.32 Å². The van der Waals surface area contributed by atoms with Gasteiger partial charge in [0.25, 0.3) is 0 Å². The van der Waals surface area contributed by atoms with Crippen molar-refractivity contribution in [2.45, 2.75) is 55.3 Å². The zero-order valence-electron chi connectivity index (χ0n) is 15.8. The number of hydrogen-bond acceptors (Lipinski definition) is 3. The molecule has 0 bridgehead atoms. The molecule has 0 aliphatic heterocycles. The molecule has 1 aliphatic rings. The maximum atomic E-state index is 12.9. The molecule has 152 valence electrons. The number of rotatable bonds is 5. The Morgan fingerprint density at radius 2 is 1.75 bits per heavy atom. The van der Waals surface area contributed by atoms with Crippen LogP contribution in [0.3, 0.4) is 0 Å². The van der Waals surface area contributed by atoms with E-state index in [0.29, 0.717) is 16.4 Å². The van der Waals surface area contributed by atoms with Crippen LogP contribution in [0.1, 0.15) is 54.8 Å². The van der Waals surface area contributed by atoms with Gasteiger partial charge in [0.1, 0.15) is 0 Å². The second-order valence-corrected chi connectivity index (χ2v) is 9.58. The van der Waals surface area contributed by atoms with Gasteiger partial charge in [-0.1, -0.05) is 24.3 Å². The van der Waals surface area contributed by atoms with E-state index in [1.54, 1.807) is 18.2 Å². The molecule has 3 nitrogen and oxygen atoms in total. The molecule has 2 aromatic rings. The largest absolute Gasteiger partial charge is 0.416 e. The fourth-order valence-corrected chi connectivity index (χ4v) is 4.49. The average Bonchev–Trinajstić information content (AvgIpc) is 3.09. The minimum absolute atomic E-state index is 0.182. The molecule has 1 N–H and O–H groups in total. The van der Waals surface area contributed by atoms with Crippen molar-refractivity contribution < 1.29 is 21.6 Å². The van der Waals surface area contributed by atoms with Gasteiger partial charge in [0, 0.05) is 18.3 Å². The highest BCUT2D eigenvalue weighted by molar-refractivity contribution is 7.90. The topological polar surface area (TPSA) is 46.2 Å². The molecular weight excluding hydrogens is 387 g/mol. The van der Waals surface area contributed by atoms with E-state index in [-0.39, 0.29) is 12.1 Å². The number of halogens is 3. The minimum Gasteiger partial charge on any atom is -0.307 e. The number of hydrogen-bond donors (Lipinski definition) is 1. The van der Waals surface area contributed by atoms with Crippen molar-refractivity contribution in [2.75, 3.05) is 6.26 Å². The van der Waals surface area contributed by atoms with Crippen LogP contribution in [0, 0.1) is 0 Å². The molecule has 3 atom stereocenters. The van der Waals surface area contributed by atoms with Crippen molar-refractivity contribution >= 4 is 9.84 Å². The summed E-state index contributed by atoms with van der Waals surface area (Å²) < 4.78 is 61.9. The van der Waals surface area contributed by atoms with Gasteiger partial charge in [-0.3, -0.25) is 0 Å². The molecule has 0 spiro atoms. The van der Waals surface area contributed by atoms with Crippen LogP contribution in [0.4, 0.5) is 13.2 Å². The summed E-state index contributed by atoms with van der Waals surface area (Å²) in [4.78, 5) is 0.307. The summed E-state index contributed by atoms with van der Waals surface area (Å²) in [6, 6.07) is 12.5. The van der Waals surface area contributed by atoms with Crippen LogP contribution in [0.25, 0.3) is 0 Å². The smallest absolute Gasteiger partial charge is 0.307 e. The fraction of sp³-hybridized carbons (Fsp3) is 0.429. The lowest BCUT2D eigenvalue weighted by molar-refractivity contribution is -0.137. The standard InChI is InChI=1S/C21H24F3NO2S/c1-14(16-4-3-5-18(12-16)21(22,23)24)25-19-9-6-17(13-19)15-7-10-20(11-8-15)28(2,26)27/h3-5,7-8,10-12,14,17,19,25H,6,9,13H2,1-2H3/t14-,17+,19?/m1/s1. The third kappa shape index (κ3) is 4.94. The number of sulfone groups is 1. The van der Waals surface area contributed by atoms with E-state index in [1.165, 1.54) is 18.4 Å². The van der Waals surface area contributed by atoms with Crippen molar-refractivity contribution in [1.82, 2.24) is 5.32 Å². The van der Waals surface area contributed by atoms with Gasteiger partial charge in [-0.05, 0) is 67.5 Å². The van der Waals surface area contributed by atoms with Crippen molar-refractivity contribution in [2.24, 2.45) is 0 Å². The Labute approximate surface area is 163 Å². The predicted octanol–water partition coefficient (Wildman–Crippen LogP) is 5.10. The third-order valence-electron chi connectivity index (χ3n) is 5.41. The molecule has 2 aromatic carbocycles. The lowest BCUT2D eigenvalue weighted by Gasteiger charge is -2.21. The van der Waals surface area contributed by atoms with Crippen LogP contribution in [0.15, 0.2) is 53.4 Å². The van der Waals surface area contributed by atoms with E-state index < -0.39 is 21.6 Å². The highest BCUT2D eigenvalue weighted by Crippen LogP contribution is 2.36. The van der Waals surface area contributed by atoms with Crippen LogP contribution in [-0.2, 0) is 16.0 Å². The molecular formula is C21H24F3NO2S. The molecule has 1 fully saturated rings. The molecule has 7 heteroatoms. The highest BCUT2D eigenvalue weighted by Gasteiger charge is 2.31. The summed E-state index contributed by atoms with van der Waals surface area (Å²) in [6.07, 6.45) is -0.381. The Hall–Kier alpha value is -1.86. The van der Waals surface area contributed by atoms with E-state index in [9.17, 15) is 21.6 Å². The van der Waals surface area contributed by atoms with E-state index in [0.717, 1.165) is 30.9 Å². The van der Waals surface area contributed by atoms with Crippen molar-refractivity contribution in [3.05, 3.63) is 65.2 Å². The molecule has 1 aliphatic carbocycles. The Morgan fingerprint density at radius 1 is 1.07 bits per heavy atom. The van der Waals surface area contributed by atoms with Crippen molar-refractivity contribution in [3.63, 3.8) is 0 Å². The monoisotopic (exact) mass is 411 g/mol. The molecule has 0 radical (unpaired) electrons.